The number of nitrogens with zero attached hydrogens (tertiary/aromatic N) is 1. The molecular weight excluding hydrogens is 1710 g/mol. The summed E-state index contributed by atoms with van der Waals surface area (Å²) in [7, 11) is -0.784. The quantitative estimate of drug-likeness (QED) is 0.0249. The molecule has 0 atom stereocenters. The van der Waals surface area contributed by atoms with E-state index in [2.05, 4.69) is 253 Å². The van der Waals surface area contributed by atoms with Gasteiger partial charge in [-0.25, -0.2) is 0 Å². The van der Waals surface area contributed by atoms with Crippen LogP contribution in [0.2, 0.25) is 0 Å². The molecule has 0 aromatic rings. The topological polar surface area (TPSA) is 192 Å². The SMILES string of the molecule is CC(C)CCC(CNC(C)C)(CNC(C)C)NC(C)C.CC(C)CCC(CNC(C)C)CNC(C)C.CC(C)C[N+](CC(C)C)(C(C)C)C(C)C.CC(C)NC(COC(C)C)(COC(C)C)COC(C)C.CC(C)OCC(COC(C)C)(COC(C)C)OC(C)C.CC(C)OCC(COC(C)C)COC(C)C.CC(C)OCC(COC(C)C)OC(C)C.CC(C)[P+](C(C)C)(C(C)C)C(C)C. The normalized spacial score (nSPS) is 13.0. The van der Waals surface area contributed by atoms with E-state index in [0.717, 1.165) is 90.5 Å². The summed E-state index contributed by atoms with van der Waals surface area (Å²) in [6.07, 6.45) is 7.81. The predicted octanol–water partition coefficient (Wildman–Crippen LogP) is 26.7. The first kappa shape index (κ1) is 150. The molecule has 0 rings (SSSR count). The molecule has 0 heterocycles. The first-order valence-electron chi connectivity index (χ1n) is 55.1. The van der Waals surface area contributed by atoms with Crippen molar-refractivity contribution in [2.45, 2.75) is 600 Å². The van der Waals surface area contributed by atoms with Crippen LogP contribution in [0, 0.1) is 35.5 Å². The molecule has 0 spiro atoms. The summed E-state index contributed by atoms with van der Waals surface area (Å²) in [6.45, 7) is 140. The molecule has 0 aromatic heterocycles. The highest BCUT2D eigenvalue weighted by Gasteiger charge is 2.50. The van der Waals surface area contributed by atoms with Crippen molar-refractivity contribution >= 4 is 7.26 Å². The number of ether oxygens (including phenoxy) is 13. The maximum atomic E-state index is 6.11. The standard InChI is InChI=1S/C17H39N3.C16H35NO3.C16H34O4.C14H32N2.C14H32N.C13H28O3.C12H26O3.C12H28P/c1-13(2)9-10-17(20-16(7)8,11-18-14(3)4)12-19-15(5)6;1-12(2)17-16(9-18-13(3)4,10-19-14(5)6)11-20-15(7)8;1-12(2)17-9-16(20-15(7)8,10-18-13(3)4)11-19-14(5)6;1-11(2)7-8-14(9-15-12(3)4)10-16-13(5)6;1-11(2)9-15(13(5)6,14(7)8)10-12(3)4;1-10(2)14-7-13(8-15-11(3)4)9-16-12(5)6;1-9(2)13-7-12(15-11(5)6)8-14-10(3)4;1-9(2)13(10(3)4,11(5)6)12(7)8/h13-16,18-20H,9-12H2,1-8H3;12-15,17H,9-11H2,1-8H3;12-15H,9-11H2,1-8H3;11-16H,7-10H2,1-6H3;11-14H,9-10H2,1-8H3;10-13H,7-9H2,1-6H3;9-12H,7-8H2,1-6H3;9-12H,1-8H3/q;;;;+1;;;+1. The number of hydrogen-bond donors (Lipinski definition) is 6. The van der Waals surface area contributed by atoms with Crippen molar-refractivity contribution < 1.29 is 66.1 Å². The molecule has 0 saturated carbocycles. The van der Waals surface area contributed by atoms with Crippen molar-refractivity contribution in [2.24, 2.45) is 35.5 Å². The predicted molar refractivity (Wildman–Crippen MR) is 598 cm³/mol. The van der Waals surface area contributed by atoms with Crippen molar-refractivity contribution in [1.29, 1.82) is 0 Å². The average Bonchev–Trinajstić information content (AvgIpc) is 0.792. The molecule has 0 bridgehead atoms. The Morgan fingerprint density at radius 2 is 0.496 bits per heavy atom. The van der Waals surface area contributed by atoms with E-state index in [1.807, 2.05) is 180 Å². The molecule has 0 radical (unpaired) electrons. The molecule has 0 aliphatic carbocycles. The van der Waals surface area contributed by atoms with E-state index in [0.29, 0.717) is 115 Å². The van der Waals surface area contributed by atoms with Crippen LogP contribution >= 0.6 is 7.26 Å². The molecule has 0 aromatic carbocycles. The second kappa shape index (κ2) is 85.7. The molecule has 0 saturated heterocycles. The molecular formula is C114H254N7O13P+2. The van der Waals surface area contributed by atoms with Crippen LogP contribution in [0.15, 0.2) is 0 Å². The number of nitrogens with one attached hydrogen (secondary N) is 6. The van der Waals surface area contributed by atoms with E-state index in [4.69, 9.17) is 61.6 Å². The summed E-state index contributed by atoms with van der Waals surface area (Å²) >= 11 is 0. The van der Waals surface area contributed by atoms with E-state index in [-0.39, 0.29) is 96.5 Å². The monoisotopic (exact) mass is 1960 g/mol. The van der Waals surface area contributed by atoms with Gasteiger partial charge >= 0.3 is 0 Å². The van der Waals surface area contributed by atoms with Crippen molar-refractivity contribution in [3.8, 4) is 0 Å². The van der Waals surface area contributed by atoms with Crippen LogP contribution in [0.5, 0.6) is 0 Å². The Morgan fingerprint density at radius 1 is 0.237 bits per heavy atom. The maximum absolute atomic E-state index is 6.11. The number of quaternary nitrogens is 1. The Morgan fingerprint density at radius 3 is 0.704 bits per heavy atom. The lowest BCUT2D eigenvalue weighted by Gasteiger charge is -2.48. The molecule has 0 aliphatic rings. The van der Waals surface area contributed by atoms with Gasteiger partial charge in [-0.2, -0.15) is 0 Å². The number of hydrogen-bond acceptors (Lipinski definition) is 19. The van der Waals surface area contributed by atoms with Crippen LogP contribution < -0.4 is 31.9 Å². The van der Waals surface area contributed by atoms with Gasteiger partial charge in [0.05, 0.1) is 205 Å². The van der Waals surface area contributed by atoms with Gasteiger partial charge in [0.1, 0.15) is 11.7 Å². The summed E-state index contributed by atoms with van der Waals surface area (Å²) in [6, 6.07) is 4.57. The third kappa shape index (κ3) is 92.0. The lowest BCUT2D eigenvalue weighted by atomic mass is 9.88. The highest BCUT2D eigenvalue weighted by atomic mass is 31.2. The van der Waals surface area contributed by atoms with Crippen LogP contribution in [0.4, 0.5) is 0 Å². The molecule has 20 nitrogen and oxygen atoms in total. The zero-order valence-corrected chi connectivity index (χ0v) is 103. The molecule has 6 N–H and O–H groups in total. The van der Waals surface area contributed by atoms with Gasteiger partial charge in [0.2, 0.25) is 0 Å². The highest BCUT2D eigenvalue weighted by molar-refractivity contribution is 7.78. The average molecular weight is 1960 g/mol. The minimum atomic E-state index is -0.784. The fraction of sp³-hybridized carbons (Fsp3) is 1.00. The third-order valence-corrected chi connectivity index (χ3v) is 29.4. The zero-order chi connectivity index (χ0) is 107. The van der Waals surface area contributed by atoms with Gasteiger partial charge in [-0.05, 0) is 313 Å². The molecule has 0 aliphatic heterocycles. The van der Waals surface area contributed by atoms with E-state index in [1.165, 1.54) is 43.3 Å². The maximum Gasteiger partial charge on any atom is 0.138 e. The summed E-state index contributed by atoms with van der Waals surface area (Å²) in [5.74, 6) is 4.24. The molecule has 0 fully saturated rings. The van der Waals surface area contributed by atoms with Crippen molar-refractivity contribution in [3.05, 3.63) is 0 Å². The minimum Gasteiger partial charge on any atom is -0.378 e. The minimum absolute atomic E-state index is 0.0369. The van der Waals surface area contributed by atoms with Crippen LogP contribution in [-0.4, -0.2) is 290 Å². The summed E-state index contributed by atoms with van der Waals surface area (Å²) in [5.41, 5.74) is 2.83. The smallest absolute Gasteiger partial charge is 0.138 e. The first-order chi connectivity index (χ1) is 61.7. The number of rotatable bonds is 69. The fourth-order valence-corrected chi connectivity index (χ4v) is 23.4. The largest absolute Gasteiger partial charge is 0.378 e. The zero-order valence-electron chi connectivity index (χ0n) is 102. The second-order valence-corrected chi connectivity index (χ2v) is 53.8. The van der Waals surface area contributed by atoms with E-state index in [9.17, 15) is 0 Å². The van der Waals surface area contributed by atoms with Gasteiger partial charge < -0.3 is 98.0 Å². The first-order valence-corrected chi connectivity index (χ1v) is 57.1. The van der Waals surface area contributed by atoms with Crippen LogP contribution in [-0.2, 0) is 61.6 Å². The molecule has 0 amide bonds. The molecule has 0 unspecified atom stereocenters. The second-order valence-electron chi connectivity index (χ2n) is 47.9. The van der Waals surface area contributed by atoms with E-state index < -0.39 is 12.9 Å². The summed E-state index contributed by atoms with van der Waals surface area (Å²) < 4.78 is 75.9. The van der Waals surface area contributed by atoms with Gasteiger partial charge in [0, 0.05) is 79.9 Å². The lowest BCUT2D eigenvalue weighted by Crippen LogP contribution is -2.61. The van der Waals surface area contributed by atoms with Gasteiger partial charge in [0.15, 0.2) is 0 Å². The van der Waals surface area contributed by atoms with Crippen LogP contribution in [0.1, 0.15) is 427 Å². The third-order valence-electron chi connectivity index (χ3n) is 22.2. The molecule has 826 valence electrons. The lowest BCUT2D eigenvalue weighted by molar-refractivity contribution is -0.971. The van der Waals surface area contributed by atoms with Gasteiger partial charge in [-0.15, -0.1) is 0 Å². The van der Waals surface area contributed by atoms with Gasteiger partial charge in [-0.3, -0.25) is 0 Å². The Labute approximate surface area is 848 Å². The highest BCUT2D eigenvalue weighted by Crippen LogP contribution is 2.73. The Kier molecular flexibility index (Phi) is 95.2. The summed E-state index contributed by atoms with van der Waals surface area (Å²) in [4.78, 5) is 0. The van der Waals surface area contributed by atoms with Crippen LogP contribution in [0.3, 0.4) is 0 Å². The Bertz CT molecular complexity index is 2110. The van der Waals surface area contributed by atoms with E-state index >= 15 is 0 Å². The van der Waals surface area contributed by atoms with E-state index in [1.54, 1.807) is 0 Å². The van der Waals surface area contributed by atoms with Crippen molar-refractivity contribution in [3.63, 3.8) is 0 Å². The van der Waals surface area contributed by atoms with Crippen LogP contribution in [0.25, 0.3) is 0 Å². The molecule has 135 heavy (non-hydrogen) atoms. The van der Waals surface area contributed by atoms with Gasteiger partial charge in [0.25, 0.3) is 0 Å². The Balaban J connectivity index is -0.000000228. The van der Waals surface area contributed by atoms with Gasteiger partial charge in [-0.1, -0.05) is 145 Å². The summed E-state index contributed by atoms with van der Waals surface area (Å²) in [5, 5.41) is 21.8. The fourth-order valence-electron chi connectivity index (χ4n) is 16.3. The van der Waals surface area contributed by atoms with Crippen molar-refractivity contribution in [2.75, 3.05) is 112 Å². The Hall–Kier alpha value is -0.370. The molecule has 21 heteroatoms. The van der Waals surface area contributed by atoms with Crippen molar-refractivity contribution in [1.82, 2.24) is 31.9 Å².